The van der Waals surface area contributed by atoms with Crippen LogP contribution in [0, 0.1) is 11.7 Å². The topological polar surface area (TPSA) is 41.9 Å². The predicted molar refractivity (Wildman–Crippen MR) is 143 cm³/mol. The first-order valence-corrected chi connectivity index (χ1v) is 13.1. The Morgan fingerprint density at radius 1 is 1.03 bits per heavy atom. The van der Waals surface area contributed by atoms with Crippen LogP contribution in [0.25, 0.3) is 6.08 Å². The molecule has 1 aliphatic heterocycles. The summed E-state index contributed by atoms with van der Waals surface area (Å²) in [7, 11) is 0. The number of nitrogens with zero attached hydrogens (tertiary/aromatic N) is 2. The maximum absolute atomic E-state index is 14.0. The minimum Gasteiger partial charge on any atom is -0.481 e. The number of hydrogen-bond donors (Lipinski definition) is 0. The number of halogens is 3. The zero-order valence-electron chi connectivity index (χ0n) is 18.8. The lowest BCUT2D eigenvalue weighted by Crippen LogP contribution is -2.34. The molecule has 3 aromatic carbocycles. The number of fused-ring (bicyclic) bond motifs is 1. The molecule has 5 rings (SSSR count). The first-order chi connectivity index (χ1) is 17.0. The number of hydrogen-bond acceptors (Lipinski definition) is 3. The number of benzene rings is 3. The number of para-hydroxylation sites is 1. The highest BCUT2D eigenvalue weighted by atomic mass is 79.9. The van der Waals surface area contributed by atoms with E-state index in [9.17, 15) is 9.18 Å². The highest BCUT2D eigenvalue weighted by Gasteiger charge is 2.43. The van der Waals surface area contributed by atoms with Gasteiger partial charge >= 0.3 is 0 Å². The van der Waals surface area contributed by atoms with Crippen LogP contribution in [-0.4, -0.2) is 23.2 Å². The molecule has 1 heterocycles. The summed E-state index contributed by atoms with van der Waals surface area (Å²) in [6.45, 7) is -0.288. The van der Waals surface area contributed by atoms with Gasteiger partial charge in [-0.1, -0.05) is 68.3 Å². The van der Waals surface area contributed by atoms with Gasteiger partial charge in [0.25, 0.3) is 5.91 Å². The average molecular weight is 598 g/mol. The number of carbonyl (C=O) groups is 1. The van der Waals surface area contributed by atoms with E-state index in [1.54, 1.807) is 17.1 Å². The van der Waals surface area contributed by atoms with E-state index < -0.39 is 5.82 Å². The van der Waals surface area contributed by atoms with Crippen LogP contribution >= 0.6 is 31.9 Å². The van der Waals surface area contributed by atoms with Gasteiger partial charge in [-0.3, -0.25) is 4.79 Å². The molecule has 178 valence electrons. The minimum atomic E-state index is -0.495. The third-order valence-corrected chi connectivity index (χ3v) is 7.42. The van der Waals surface area contributed by atoms with Crippen molar-refractivity contribution in [2.24, 2.45) is 11.0 Å². The van der Waals surface area contributed by atoms with Crippen LogP contribution < -0.4 is 4.74 Å². The maximum Gasteiger partial charge on any atom is 0.281 e. The molecule has 0 aromatic heterocycles. The molecule has 1 amide bonds. The van der Waals surface area contributed by atoms with Gasteiger partial charge in [-0.2, -0.15) is 5.10 Å². The molecule has 2 atom stereocenters. The number of ether oxygens (including phenoxy) is 1. The summed E-state index contributed by atoms with van der Waals surface area (Å²) < 4.78 is 21.6. The number of carbonyl (C=O) groups excluding carboxylic acids is 1. The highest BCUT2D eigenvalue weighted by Crippen LogP contribution is 2.44. The number of rotatable bonds is 5. The van der Waals surface area contributed by atoms with Gasteiger partial charge in [0, 0.05) is 14.9 Å². The van der Waals surface area contributed by atoms with Crippen LogP contribution in [0.4, 0.5) is 4.39 Å². The summed E-state index contributed by atoms with van der Waals surface area (Å²) in [5, 5.41) is 6.40. The van der Waals surface area contributed by atoms with Crippen LogP contribution in [0.2, 0.25) is 0 Å². The quantitative estimate of drug-likeness (QED) is 0.305. The zero-order chi connectivity index (χ0) is 24.4. The second kappa shape index (κ2) is 10.5. The maximum atomic E-state index is 14.0. The molecule has 0 saturated heterocycles. The van der Waals surface area contributed by atoms with Crippen molar-refractivity contribution in [3.63, 3.8) is 0 Å². The van der Waals surface area contributed by atoms with Crippen molar-refractivity contribution in [3.05, 3.63) is 104 Å². The Morgan fingerprint density at radius 3 is 2.43 bits per heavy atom. The molecule has 7 heteroatoms. The summed E-state index contributed by atoms with van der Waals surface area (Å²) in [5.41, 5.74) is 4.21. The van der Waals surface area contributed by atoms with E-state index in [1.807, 2.05) is 36.4 Å². The van der Waals surface area contributed by atoms with Crippen LogP contribution in [0.5, 0.6) is 5.75 Å². The Hall–Kier alpha value is -2.77. The largest absolute Gasteiger partial charge is 0.481 e. The van der Waals surface area contributed by atoms with E-state index in [2.05, 4.69) is 50.1 Å². The molecule has 1 aliphatic carbocycles. The number of amides is 1. The Balaban J connectivity index is 1.47. The van der Waals surface area contributed by atoms with Crippen molar-refractivity contribution in [3.8, 4) is 5.75 Å². The molecule has 0 spiro atoms. The molecule has 4 nitrogen and oxygen atoms in total. The summed E-state index contributed by atoms with van der Waals surface area (Å²) in [6.07, 6.45) is 5.04. The van der Waals surface area contributed by atoms with Crippen LogP contribution in [0.1, 0.15) is 36.4 Å². The molecular weight excluding hydrogens is 575 g/mol. The lowest BCUT2D eigenvalue weighted by molar-refractivity contribution is -0.135. The fourth-order valence-electron chi connectivity index (χ4n) is 4.73. The summed E-state index contributed by atoms with van der Waals surface area (Å²) >= 11 is 6.99. The van der Waals surface area contributed by atoms with E-state index in [0.717, 1.165) is 50.6 Å². The van der Waals surface area contributed by atoms with E-state index in [4.69, 9.17) is 9.84 Å². The summed E-state index contributed by atoms with van der Waals surface area (Å²) in [5.74, 6) is -0.651. The van der Waals surface area contributed by atoms with E-state index in [-0.39, 0.29) is 30.2 Å². The zero-order valence-corrected chi connectivity index (χ0v) is 22.0. The van der Waals surface area contributed by atoms with Gasteiger partial charge in [0.2, 0.25) is 0 Å². The summed E-state index contributed by atoms with van der Waals surface area (Å²) in [4.78, 5) is 13.4. The second-order valence-electron chi connectivity index (χ2n) is 8.66. The second-order valence-corrected chi connectivity index (χ2v) is 10.5. The fraction of sp³-hybridized carbons (Fsp3) is 0.214. The normalized spacial score (nSPS) is 20.5. The lowest BCUT2D eigenvalue weighted by atomic mass is 9.77. The Bertz CT molecular complexity index is 1290. The SMILES string of the molecule is O=C(COc1ccccc1F)N1N=C2/C(=C/c3ccc(Br)cc3)CCC[C@@H]2[C@@H]1c1ccc(Br)cc1. The molecule has 0 unspecified atom stereocenters. The van der Waals surface area contributed by atoms with Gasteiger partial charge in [-0.05, 0) is 78.4 Å². The van der Waals surface area contributed by atoms with Gasteiger partial charge in [-0.25, -0.2) is 9.40 Å². The third kappa shape index (κ3) is 5.26. The lowest BCUT2D eigenvalue weighted by Gasteiger charge is -2.29. The molecule has 0 bridgehead atoms. The van der Waals surface area contributed by atoms with Gasteiger partial charge in [-0.15, -0.1) is 0 Å². The van der Waals surface area contributed by atoms with Crippen molar-refractivity contribution in [1.82, 2.24) is 5.01 Å². The molecule has 1 fully saturated rings. The van der Waals surface area contributed by atoms with Gasteiger partial charge in [0.15, 0.2) is 18.2 Å². The van der Waals surface area contributed by atoms with Crippen molar-refractivity contribution in [2.75, 3.05) is 6.61 Å². The molecule has 2 aliphatic rings. The van der Waals surface area contributed by atoms with Crippen molar-refractivity contribution < 1.29 is 13.9 Å². The Labute approximate surface area is 220 Å². The molecule has 3 aromatic rings. The molecule has 35 heavy (non-hydrogen) atoms. The van der Waals surface area contributed by atoms with Gasteiger partial charge in [0.05, 0.1) is 11.8 Å². The fourth-order valence-corrected chi connectivity index (χ4v) is 5.26. The predicted octanol–water partition coefficient (Wildman–Crippen LogP) is 7.55. The van der Waals surface area contributed by atoms with Crippen molar-refractivity contribution in [2.45, 2.75) is 25.3 Å². The smallest absolute Gasteiger partial charge is 0.281 e. The van der Waals surface area contributed by atoms with Crippen molar-refractivity contribution in [1.29, 1.82) is 0 Å². The van der Waals surface area contributed by atoms with E-state index in [0.29, 0.717) is 0 Å². The average Bonchev–Trinajstić information content (AvgIpc) is 3.26. The minimum absolute atomic E-state index is 0.0566. The van der Waals surface area contributed by atoms with Gasteiger partial charge in [0.1, 0.15) is 0 Å². The first kappa shape index (κ1) is 23.9. The van der Waals surface area contributed by atoms with Crippen LogP contribution in [-0.2, 0) is 4.79 Å². The van der Waals surface area contributed by atoms with Crippen LogP contribution in [0.15, 0.2) is 92.4 Å². The molecule has 0 N–H and O–H groups in total. The van der Waals surface area contributed by atoms with Crippen LogP contribution in [0.3, 0.4) is 0 Å². The highest BCUT2D eigenvalue weighted by molar-refractivity contribution is 9.10. The Morgan fingerprint density at radius 2 is 1.71 bits per heavy atom. The molecule has 0 radical (unpaired) electrons. The summed E-state index contributed by atoms with van der Waals surface area (Å²) in [6, 6.07) is 22.0. The molecule has 1 saturated carbocycles. The number of hydrazone groups is 1. The first-order valence-electron chi connectivity index (χ1n) is 11.5. The third-order valence-electron chi connectivity index (χ3n) is 6.37. The molecular formula is C28H23Br2FN2O2. The van der Waals surface area contributed by atoms with Crippen molar-refractivity contribution >= 4 is 49.6 Å². The van der Waals surface area contributed by atoms with E-state index >= 15 is 0 Å². The van der Waals surface area contributed by atoms with E-state index in [1.165, 1.54) is 12.1 Å². The van der Waals surface area contributed by atoms with Gasteiger partial charge < -0.3 is 4.74 Å². The number of allylic oxidation sites excluding steroid dienone is 1. The standard InChI is InChI=1S/C28H23Br2FN2O2/c29-21-12-8-18(9-13-21)16-20-4-3-5-23-27(20)32-33(28(23)19-10-14-22(30)15-11-19)26(34)17-35-25-7-2-1-6-24(25)31/h1-2,6-16,23,28H,3-5,17H2/b20-16+/t23-,28-/m0/s1. The Kier molecular flexibility index (Phi) is 7.16. The monoisotopic (exact) mass is 596 g/mol.